The van der Waals surface area contributed by atoms with Crippen molar-refractivity contribution < 1.29 is 23.1 Å². The molecule has 2 rings (SSSR count). The Morgan fingerprint density at radius 1 is 1.32 bits per heavy atom. The number of benzene rings is 1. The highest BCUT2D eigenvalue weighted by Gasteiger charge is 2.45. The molecule has 1 aliphatic heterocycles. The van der Waals surface area contributed by atoms with Crippen molar-refractivity contribution in [2.24, 2.45) is 0 Å². The zero-order valence-electron chi connectivity index (χ0n) is 12.6. The molecule has 1 fully saturated rings. The monoisotopic (exact) mass is 325 g/mol. The Labute approximate surface area is 129 Å². The van der Waals surface area contributed by atoms with Gasteiger partial charge in [0.25, 0.3) is 0 Å². The first-order valence-electron chi connectivity index (χ1n) is 6.98. The lowest BCUT2D eigenvalue weighted by Crippen LogP contribution is -2.51. The maximum Gasteiger partial charge on any atom is 0.329 e. The van der Waals surface area contributed by atoms with Gasteiger partial charge in [0.15, 0.2) is 9.84 Å². The Morgan fingerprint density at radius 2 is 1.95 bits per heavy atom. The molecule has 7 heteroatoms. The molecule has 1 aromatic rings. The van der Waals surface area contributed by atoms with Crippen molar-refractivity contribution in [2.45, 2.75) is 36.6 Å². The second-order valence-electron chi connectivity index (χ2n) is 5.78. The van der Waals surface area contributed by atoms with Gasteiger partial charge in [-0.05, 0) is 31.4 Å². The Kier molecular flexibility index (Phi) is 4.28. The molecule has 0 saturated carbocycles. The molecule has 1 atom stereocenters. The molecule has 1 aliphatic rings. The Hall–Kier alpha value is -1.89. The third-order valence-corrected chi connectivity index (χ3v) is 5.31. The van der Waals surface area contributed by atoms with Gasteiger partial charge in [-0.2, -0.15) is 0 Å². The third-order valence-electron chi connectivity index (χ3n) is 4.12. The van der Waals surface area contributed by atoms with Crippen molar-refractivity contribution in [2.75, 3.05) is 12.8 Å². The van der Waals surface area contributed by atoms with Crippen molar-refractivity contribution in [3.8, 4) is 0 Å². The van der Waals surface area contributed by atoms with Crippen molar-refractivity contribution in [3.63, 3.8) is 0 Å². The number of likely N-dealkylation sites (tertiary alicyclic amines) is 1. The minimum Gasteiger partial charge on any atom is -0.480 e. The van der Waals surface area contributed by atoms with Crippen LogP contribution >= 0.6 is 0 Å². The molecular weight excluding hydrogens is 306 g/mol. The third kappa shape index (κ3) is 2.99. The topological polar surface area (TPSA) is 91.8 Å². The SMILES string of the molecule is CC1(C(=O)O)CCCN1C(=O)Cc1ccccc1S(C)(=O)=O. The van der Waals surface area contributed by atoms with Crippen LogP contribution in [0.4, 0.5) is 0 Å². The number of carboxylic acids is 1. The van der Waals surface area contributed by atoms with Gasteiger partial charge in [-0.25, -0.2) is 13.2 Å². The van der Waals surface area contributed by atoms with E-state index in [1.165, 1.54) is 17.9 Å². The summed E-state index contributed by atoms with van der Waals surface area (Å²) in [5.74, 6) is -1.40. The fraction of sp³-hybridized carbons (Fsp3) is 0.467. The molecule has 0 spiro atoms. The van der Waals surface area contributed by atoms with Crippen LogP contribution in [0.15, 0.2) is 29.2 Å². The predicted octanol–water partition coefficient (Wildman–Crippen LogP) is 1.10. The number of sulfone groups is 1. The van der Waals surface area contributed by atoms with Crippen molar-refractivity contribution in [3.05, 3.63) is 29.8 Å². The summed E-state index contributed by atoms with van der Waals surface area (Å²) >= 11 is 0. The summed E-state index contributed by atoms with van der Waals surface area (Å²) in [6.07, 6.45) is 2.00. The quantitative estimate of drug-likeness (QED) is 0.895. The first kappa shape index (κ1) is 16.5. The molecular formula is C15H19NO5S. The van der Waals surface area contributed by atoms with Gasteiger partial charge in [0.2, 0.25) is 5.91 Å². The Bertz CT molecular complexity index is 712. The minimum absolute atomic E-state index is 0.111. The second kappa shape index (κ2) is 5.72. The number of carboxylic acid groups (broad SMARTS) is 1. The van der Waals surface area contributed by atoms with Gasteiger partial charge in [0, 0.05) is 12.8 Å². The minimum atomic E-state index is -3.43. The van der Waals surface area contributed by atoms with E-state index in [0.29, 0.717) is 24.9 Å². The normalized spacial score (nSPS) is 21.8. The van der Waals surface area contributed by atoms with E-state index < -0.39 is 21.3 Å². The van der Waals surface area contributed by atoms with Gasteiger partial charge < -0.3 is 10.0 Å². The Morgan fingerprint density at radius 3 is 2.55 bits per heavy atom. The van der Waals surface area contributed by atoms with Crippen LogP contribution in [0.25, 0.3) is 0 Å². The summed E-state index contributed by atoms with van der Waals surface area (Å²) in [6.45, 7) is 1.91. The lowest BCUT2D eigenvalue weighted by molar-refractivity contribution is -0.155. The van der Waals surface area contributed by atoms with Crippen LogP contribution < -0.4 is 0 Å². The van der Waals surface area contributed by atoms with Gasteiger partial charge in [-0.1, -0.05) is 18.2 Å². The maximum absolute atomic E-state index is 12.5. The van der Waals surface area contributed by atoms with Gasteiger partial charge in [0.1, 0.15) is 5.54 Å². The van der Waals surface area contributed by atoms with Crippen molar-refractivity contribution in [1.82, 2.24) is 4.90 Å². The van der Waals surface area contributed by atoms with Gasteiger partial charge in [-0.3, -0.25) is 4.79 Å². The maximum atomic E-state index is 12.5. The fourth-order valence-corrected chi connectivity index (χ4v) is 3.80. The zero-order valence-corrected chi connectivity index (χ0v) is 13.4. The average molecular weight is 325 g/mol. The fourth-order valence-electron chi connectivity index (χ4n) is 2.86. The molecule has 1 heterocycles. The number of hydrogen-bond donors (Lipinski definition) is 1. The van der Waals surface area contributed by atoms with E-state index >= 15 is 0 Å². The first-order valence-corrected chi connectivity index (χ1v) is 8.87. The standard InChI is InChI=1S/C15H19NO5S/c1-15(14(18)19)8-5-9-16(15)13(17)10-11-6-3-4-7-12(11)22(2,20)21/h3-4,6-7H,5,8-10H2,1-2H3,(H,18,19). The molecule has 0 bridgehead atoms. The van der Waals surface area contributed by atoms with Gasteiger partial charge in [0.05, 0.1) is 11.3 Å². The van der Waals surface area contributed by atoms with E-state index in [1.807, 2.05) is 0 Å². The molecule has 1 amide bonds. The average Bonchev–Trinajstić information content (AvgIpc) is 2.81. The molecule has 1 saturated heterocycles. The van der Waals surface area contributed by atoms with Crippen LogP contribution in [0.2, 0.25) is 0 Å². The molecule has 1 aromatic carbocycles. The molecule has 0 radical (unpaired) electrons. The van der Waals surface area contributed by atoms with E-state index in [2.05, 4.69) is 0 Å². The van der Waals surface area contributed by atoms with Crippen LogP contribution in [0.5, 0.6) is 0 Å². The summed E-state index contributed by atoms with van der Waals surface area (Å²) in [7, 11) is -3.43. The lowest BCUT2D eigenvalue weighted by atomic mass is 9.98. The van der Waals surface area contributed by atoms with Crippen LogP contribution in [0, 0.1) is 0 Å². The molecule has 22 heavy (non-hydrogen) atoms. The van der Waals surface area contributed by atoms with Crippen LogP contribution in [0.1, 0.15) is 25.3 Å². The summed E-state index contributed by atoms with van der Waals surface area (Å²) in [5.41, 5.74) is -0.813. The summed E-state index contributed by atoms with van der Waals surface area (Å²) in [6, 6.07) is 6.31. The lowest BCUT2D eigenvalue weighted by Gasteiger charge is -2.31. The number of rotatable bonds is 4. The number of amides is 1. The van der Waals surface area contributed by atoms with E-state index in [4.69, 9.17) is 0 Å². The highest BCUT2D eigenvalue weighted by Crippen LogP contribution is 2.30. The molecule has 1 N–H and O–H groups in total. The molecule has 0 aromatic heterocycles. The smallest absolute Gasteiger partial charge is 0.329 e. The largest absolute Gasteiger partial charge is 0.480 e. The molecule has 1 unspecified atom stereocenters. The van der Waals surface area contributed by atoms with Crippen molar-refractivity contribution >= 4 is 21.7 Å². The predicted molar refractivity (Wildman–Crippen MR) is 80.2 cm³/mol. The van der Waals surface area contributed by atoms with Crippen molar-refractivity contribution in [1.29, 1.82) is 0 Å². The van der Waals surface area contributed by atoms with E-state index in [9.17, 15) is 23.1 Å². The number of carbonyl (C=O) groups excluding carboxylic acids is 1. The van der Waals surface area contributed by atoms with Gasteiger partial charge >= 0.3 is 5.97 Å². The number of nitrogens with zero attached hydrogens (tertiary/aromatic N) is 1. The first-order chi connectivity index (χ1) is 10.2. The highest BCUT2D eigenvalue weighted by atomic mass is 32.2. The van der Waals surface area contributed by atoms with E-state index in [1.54, 1.807) is 18.2 Å². The van der Waals surface area contributed by atoms with Crippen LogP contribution in [0.3, 0.4) is 0 Å². The highest BCUT2D eigenvalue weighted by molar-refractivity contribution is 7.90. The molecule has 6 nitrogen and oxygen atoms in total. The number of aliphatic carboxylic acids is 1. The second-order valence-corrected chi connectivity index (χ2v) is 7.77. The van der Waals surface area contributed by atoms with Gasteiger partial charge in [-0.15, -0.1) is 0 Å². The Balaban J connectivity index is 2.29. The summed E-state index contributed by atoms with van der Waals surface area (Å²) in [5, 5.41) is 9.35. The summed E-state index contributed by atoms with van der Waals surface area (Å²) in [4.78, 5) is 25.4. The van der Waals surface area contributed by atoms with Crippen LogP contribution in [-0.2, 0) is 25.8 Å². The van der Waals surface area contributed by atoms with E-state index in [0.717, 1.165) is 6.26 Å². The zero-order chi connectivity index (χ0) is 16.5. The molecule has 0 aliphatic carbocycles. The molecule has 120 valence electrons. The van der Waals surface area contributed by atoms with E-state index in [-0.39, 0.29) is 17.2 Å². The van der Waals surface area contributed by atoms with Crippen LogP contribution in [-0.4, -0.2) is 48.6 Å². The summed E-state index contributed by atoms with van der Waals surface area (Å²) < 4.78 is 23.5. The number of carbonyl (C=O) groups is 2. The number of hydrogen-bond acceptors (Lipinski definition) is 4.